The molecule has 0 fully saturated rings. The maximum atomic E-state index is 12.0. The summed E-state index contributed by atoms with van der Waals surface area (Å²) in [5.74, 6) is -1.23. The fraction of sp³-hybridized carbons (Fsp3) is 0.364. The molecule has 0 aromatic heterocycles. The third-order valence-corrected chi connectivity index (χ3v) is 4.55. The Morgan fingerprint density at radius 1 is 1.29 bits per heavy atom. The Labute approximate surface area is 111 Å². The van der Waals surface area contributed by atoms with E-state index < -0.39 is 15.6 Å². The molecule has 1 rings (SSSR count). The SMILES string of the molecule is CC(C)C(=O)CS(=O)(=O)c1cc(Cl)ccc1Cl. The van der Waals surface area contributed by atoms with Crippen LogP contribution < -0.4 is 0 Å². The fourth-order valence-electron chi connectivity index (χ4n) is 1.15. The third kappa shape index (κ3) is 3.69. The normalized spacial score (nSPS) is 11.8. The first-order valence-corrected chi connectivity index (χ1v) is 7.35. The molecule has 0 bridgehead atoms. The molecule has 1 aromatic rings. The molecule has 94 valence electrons. The summed E-state index contributed by atoms with van der Waals surface area (Å²) in [6, 6.07) is 4.15. The average molecular weight is 295 g/mol. The van der Waals surface area contributed by atoms with Crippen LogP contribution in [0.5, 0.6) is 0 Å². The number of halogens is 2. The molecular weight excluding hydrogens is 283 g/mol. The molecule has 3 nitrogen and oxygen atoms in total. The topological polar surface area (TPSA) is 51.2 Å². The highest BCUT2D eigenvalue weighted by Crippen LogP contribution is 2.26. The number of hydrogen-bond donors (Lipinski definition) is 0. The summed E-state index contributed by atoms with van der Waals surface area (Å²) in [6.45, 7) is 3.30. The van der Waals surface area contributed by atoms with Crippen molar-refractivity contribution in [2.45, 2.75) is 18.7 Å². The first kappa shape index (κ1) is 14.5. The van der Waals surface area contributed by atoms with E-state index in [0.717, 1.165) is 0 Å². The minimum atomic E-state index is -3.72. The number of benzene rings is 1. The average Bonchev–Trinajstić information content (AvgIpc) is 2.20. The predicted octanol–water partition coefficient (Wildman–Crippen LogP) is 2.99. The van der Waals surface area contributed by atoms with Gasteiger partial charge in [-0.15, -0.1) is 0 Å². The smallest absolute Gasteiger partial charge is 0.186 e. The van der Waals surface area contributed by atoms with E-state index in [-0.39, 0.29) is 26.6 Å². The van der Waals surface area contributed by atoms with Crippen LogP contribution in [-0.2, 0) is 14.6 Å². The number of carbonyl (C=O) groups excluding carboxylic acids is 1. The van der Waals surface area contributed by atoms with Gasteiger partial charge in [0.2, 0.25) is 0 Å². The van der Waals surface area contributed by atoms with Crippen molar-refractivity contribution >= 4 is 38.8 Å². The molecule has 0 spiro atoms. The number of carbonyl (C=O) groups is 1. The highest BCUT2D eigenvalue weighted by molar-refractivity contribution is 7.92. The van der Waals surface area contributed by atoms with Crippen molar-refractivity contribution in [3.8, 4) is 0 Å². The van der Waals surface area contributed by atoms with E-state index >= 15 is 0 Å². The zero-order valence-electron chi connectivity index (χ0n) is 9.41. The molecule has 0 heterocycles. The zero-order valence-corrected chi connectivity index (χ0v) is 11.7. The Morgan fingerprint density at radius 2 is 1.88 bits per heavy atom. The van der Waals surface area contributed by atoms with Crippen molar-refractivity contribution in [2.75, 3.05) is 5.75 Å². The van der Waals surface area contributed by atoms with E-state index in [1.165, 1.54) is 18.2 Å². The largest absolute Gasteiger partial charge is 0.298 e. The summed E-state index contributed by atoms with van der Waals surface area (Å²) in [5.41, 5.74) is 0. The molecule has 0 aliphatic carbocycles. The highest BCUT2D eigenvalue weighted by Gasteiger charge is 2.23. The van der Waals surface area contributed by atoms with Crippen LogP contribution in [0.3, 0.4) is 0 Å². The van der Waals surface area contributed by atoms with E-state index in [1.807, 2.05) is 0 Å². The van der Waals surface area contributed by atoms with Crippen LogP contribution in [0.2, 0.25) is 10.0 Å². The summed E-state index contributed by atoms with van der Waals surface area (Å²) in [6.07, 6.45) is 0. The Morgan fingerprint density at radius 3 is 2.41 bits per heavy atom. The van der Waals surface area contributed by atoms with Crippen LogP contribution in [0.4, 0.5) is 0 Å². The van der Waals surface area contributed by atoms with Crippen LogP contribution in [0.1, 0.15) is 13.8 Å². The van der Waals surface area contributed by atoms with Gasteiger partial charge in [-0.2, -0.15) is 0 Å². The van der Waals surface area contributed by atoms with Gasteiger partial charge >= 0.3 is 0 Å². The molecule has 17 heavy (non-hydrogen) atoms. The maximum Gasteiger partial charge on any atom is 0.186 e. The van der Waals surface area contributed by atoms with Crippen molar-refractivity contribution in [1.82, 2.24) is 0 Å². The Hall–Kier alpha value is -0.580. The molecule has 0 unspecified atom stereocenters. The number of sulfone groups is 1. The second kappa shape index (κ2) is 5.38. The van der Waals surface area contributed by atoms with E-state index in [0.29, 0.717) is 0 Å². The monoisotopic (exact) mass is 294 g/mol. The van der Waals surface area contributed by atoms with E-state index in [1.54, 1.807) is 13.8 Å². The van der Waals surface area contributed by atoms with Gasteiger partial charge in [0.15, 0.2) is 15.6 Å². The van der Waals surface area contributed by atoms with Crippen LogP contribution in [-0.4, -0.2) is 20.0 Å². The first-order chi connectivity index (χ1) is 7.74. The molecule has 6 heteroatoms. The zero-order chi connectivity index (χ0) is 13.2. The molecule has 0 radical (unpaired) electrons. The number of rotatable bonds is 4. The summed E-state index contributed by atoms with van der Waals surface area (Å²) in [7, 11) is -3.72. The van der Waals surface area contributed by atoms with Crippen molar-refractivity contribution in [3.05, 3.63) is 28.2 Å². The summed E-state index contributed by atoms with van der Waals surface area (Å²) < 4.78 is 23.9. The van der Waals surface area contributed by atoms with Gasteiger partial charge in [0, 0.05) is 10.9 Å². The minimum Gasteiger partial charge on any atom is -0.298 e. The summed E-state index contributed by atoms with van der Waals surface area (Å²) in [4.78, 5) is 11.4. The molecular formula is C11H12Cl2O3S. The minimum absolute atomic E-state index is 0.0750. The van der Waals surface area contributed by atoms with Gasteiger partial charge in [0.1, 0.15) is 5.75 Å². The lowest BCUT2D eigenvalue weighted by Gasteiger charge is -2.08. The quantitative estimate of drug-likeness (QED) is 0.858. The molecule has 0 aliphatic rings. The van der Waals surface area contributed by atoms with Gasteiger partial charge in [0.25, 0.3) is 0 Å². The van der Waals surface area contributed by atoms with Gasteiger partial charge in [-0.1, -0.05) is 37.0 Å². The Balaban J connectivity index is 3.14. The first-order valence-electron chi connectivity index (χ1n) is 4.94. The van der Waals surface area contributed by atoms with Crippen LogP contribution in [0.15, 0.2) is 23.1 Å². The number of hydrogen-bond acceptors (Lipinski definition) is 3. The molecule has 0 N–H and O–H groups in total. The second-order valence-corrected chi connectivity index (χ2v) is 6.76. The van der Waals surface area contributed by atoms with Gasteiger partial charge in [0.05, 0.1) is 9.92 Å². The van der Waals surface area contributed by atoms with Crippen LogP contribution >= 0.6 is 23.2 Å². The molecule has 0 atom stereocenters. The lowest BCUT2D eigenvalue weighted by Crippen LogP contribution is -2.20. The van der Waals surface area contributed by atoms with E-state index in [4.69, 9.17) is 23.2 Å². The van der Waals surface area contributed by atoms with E-state index in [2.05, 4.69) is 0 Å². The molecule has 0 aliphatic heterocycles. The predicted molar refractivity (Wildman–Crippen MR) is 68.4 cm³/mol. The Bertz CT molecular complexity index is 536. The third-order valence-electron chi connectivity index (χ3n) is 2.20. The van der Waals surface area contributed by atoms with E-state index in [9.17, 15) is 13.2 Å². The standard InChI is InChI=1S/C11H12Cl2O3S/c1-7(2)10(14)6-17(15,16)11-5-8(12)3-4-9(11)13/h3-5,7H,6H2,1-2H3. The van der Waals surface area contributed by atoms with Crippen molar-refractivity contribution in [1.29, 1.82) is 0 Å². The Kier molecular flexibility index (Phi) is 4.58. The number of Topliss-reactive ketones (excluding diaryl/α,β-unsaturated/α-hetero) is 1. The summed E-state index contributed by atoms with van der Waals surface area (Å²) >= 11 is 11.5. The van der Waals surface area contributed by atoms with Crippen molar-refractivity contribution in [3.63, 3.8) is 0 Å². The van der Waals surface area contributed by atoms with Gasteiger partial charge in [-0.05, 0) is 18.2 Å². The van der Waals surface area contributed by atoms with Gasteiger partial charge < -0.3 is 0 Å². The van der Waals surface area contributed by atoms with Gasteiger partial charge in [-0.25, -0.2) is 8.42 Å². The molecule has 0 amide bonds. The lowest BCUT2D eigenvalue weighted by atomic mass is 10.1. The van der Waals surface area contributed by atoms with Crippen molar-refractivity contribution < 1.29 is 13.2 Å². The summed E-state index contributed by atoms with van der Waals surface area (Å²) in [5, 5.41) is 0.343. The highest BCUT2D eigenvalue weighted by atomic mass is 35.5. The van der Waals surface area contributed by atoms with Crippen LogP contribution in [0, 0.1) is 5.92 Å². The molecule has 0 saturated carbocycles. The van der Waals surface area contributed by atoms with Gasteiger partial charge in [-0.3, -0.25) is 4.79 Å². The molecule has 1 aromatic carbocycles. The van der Waals surface area contributed by atoms with Crippen molar-refractivity contribution in [2.24, 2.45) is 5.92 Å². The maximum absolute atomic E-state index is 12.0. The fourth-order valence-corrected chi connectivity index (χ4v) is 3.39. The van der Waals surface area contributed by atoms with Crippen LogP contribution in [0.25, 0.3) is 0 Å². The second-order valence-electron chi connectivity index (χ2n) is 3.95. The lowest BCUT2D eigenvalue weighted by molar-refractivity contribution is -0.119. The number of ketones is 1. The molecule has 0 saturated heterocycles.